The first kappa shape index (κ1) is 19.9. The van der Waals surface area contributed by atoms with E-state index in [1.165, 1.54) is 5.56 Å². The van der Waals surface area contributed by atoms with E-state index in [9.17, 15) is 14.4 Å². The lowest BCUT2D eigenvalue weighted by Gasteiger charge is -2.22. The Kier molecular flexibility index (Phi) is 6.04. The minimum Gasteiger partial charge on any atom is -0.354 e. The summed E-state index contributed by atoms with van der Waals surface area (Å²) < 4.78 is 0. The van der Waals surface area contributed by atoms with E-state index < -0.39 is 17.5 Å². The molecule has 0 spiro atoms. The van der Waals surface area contributed by atoms with Crippen LogP contribution in [-0.2, 0) is 15.1 Å². The average molecular weight is 398 g/mol. The van der Waals surface area contributed by atoms with Gasteiger partial charge < -0.3 is 10.6 Å². The van der Waals surface area contributed by atoms with Gasteiger partial charge in [0.2, 0.25) is 5.91 Å². The molecule has 2 N–H and O–H groups in total. The molecule has 1 saturated heterocycles. The number of thioether (sulfide) groups is 1. The van der Waals surface area contributed by atoms with Crippen molar-refractivity contribution in [2.45, 2.75) is 24.3 Å². The number of nitrogens with zero attached hydrogens (tertiary/aromatic N) is 1. The highest BCUT2D eigenvalue weighted by Gasteiger charge is 2.49. The summed E-state index contributed by atoms with van der Waals surface area (Å²) in [7, 11) is 0. The van der Waals surface area contributed by atoms with Gasteiger partial charge in [-0.25, -0.2) is 4.79 Å². The molecule has 0 bridgehead atoms. The van der Waals surface area contributed by atoms with E-state index >= 15 is 0 Å². The van der Waals surface area contributed by atoms with Crippen LogP contribution in [0.5, 0.6) is 0 Å². The van der Waals surface area contributed by atoms with Crippen LogP contribution in [0, 0.1) is 6.92 Å². The minimum atomic E-state index is -1.15. The summed E-state index contributed by atoms with van der Waals surface area (Å²) in [4.78, 5) is 39.3. The molecule has 7 heteroatoms. The van der Waals surface area contributed by atoms with E-state index in [2.05, 4.69) is 10.6 Å². The first-order chi connectivity index (χ1) is 13.4. The van der Waals surface area contributed by atoms with Gasteiger partial charge >= 0.3 is 6.03 Å². The number of nitrogens with one attached hydrogen (secondary N) is 2. The molecule has 0 aliphatic carbocycles. The van der Waals surface area contributed by atoms with Crippen LogP contribution < -0.4 is 10.6 Å². The second-order valence-corrected chi connectivity index (χ2v) is 7.99. The van der Waals surface area contributed by atoms with Crippen molar-refractivity contribution < 1.29 is 14.4 Å². The molecular weight excluding hydrogens is 374 g/mol. The summed E-state index contributed by atoms with van der Waals surface area (Å²) >= 11 is 1.64. The number of hydrogen-bond donors (Lipinski definition) is 2. The van der Waals surface area contributed by atoms with E-state index in [-0.39, 0.29) is 12.5 Å². The maximum absolute atomic E-state index is 12.8. The van der Waals surface area contributed by atoms with Gasteiger partial charge in [-0.3, -0.25) is 14.5 Å². The standard InChI is InChI=1S/C21H23N3O3S/c1-15-8-10-17(11-9-15)28-13-12-22-18(25)14-24-19(26)21(2,23-20(24)27)16-6-4-3-5-7-16/h3-11H,12-14H2,1-2H3,(H,22,25)(H,23,27). The average Bonchev–Trinajstić information content (AvgIpc) is 2.91. The Morgan fingerprint density at radius 1 is 1.11 bits per heavy atom. The molecule has 1 atom stereocenters. The zero-order chi connectivity index (χ0) is 20.1. The van der Waals surface area contributed by atoms with Crippen LogP contribution >= 0.6 is 11.8 Å². The van der Waals surface area contributed by atoms with Crippen LogP contribution in [0.15, 0.2) is 59.5 Å². The number of urea groups is 1. The lowest BCUT2D eigenvalue weighted by Crippen LogP contribution is -2.43. The third-order valence-electron chi connectivity index (χ3n) is 4.64. The molecule has 1 aliphatic heterocycles. The summed E-state index contributed by atoms with van der Waals surface area (Å²) in [6, 6.07) is 16.6. The van der Waals surface area contributed by atoms with E-state index in [1.54, 1.807) is 43.0 Å². The van der Waals surface area contributed by atoms with Gasteiger partial charge in [-0.2, -0.15) is 0 Å². The van der Waals surface area contributed by atoms with Crippen LogP contribution in [0.3, 0.4) is 0 Å². The molecular formula is C21H23N3O3S. The Morgan fingerprint density at radius 2 is 1.79 bits per heavy atom. The molecule has 4 amide bonds. The van der Waals surface area contributed by atoms with Crippen LogP contribution in [0.1, 0.15) is 18.1 Å². The van der Waals surface area contributed by atoms with Crippen molar-refractivity contribution >= 4 is 29.6 Å². The third-order valence-corrected chi connectivity index (χ3v) is 5.66. The topological polar surface area (TPSA) is 78.5 Å². The van der Waals surface area contributed by atoms with Gasteiger partial charge in [-0.05, 0) is 31.5 Å². The number of imide groups is 1. The summed E-state index contributed by atoms with van der Waals surface area (Å²) in [5.74, 6) is -0.0744. The van der Waals surface area contributed by atoms with Gasteiger partial charge in [0, 0.05) is 17.2 Å². The zero-order valence-electron chi connectivity index (χ0n) is 15.9. The SMILES string of the molecule is Cc1ccc(SCCNC(=O)CN2C(=O)NC(C)(c3ccccc3)C2=O)cc1. The number of carbonyl (C=O) groups is 3. The van der Waals surface area contributed by atoms with Crippen molar-refractivity contribution in [3.8, 4) is 0 Å². The molecule has 2 aromatic carbocycles. The van der Waals surface area contributed by atoms with Crippen molar-refractivity contribution in [2.24, 2.45) is 0 Å². The molecule has 2 aromatic rings. The van der Waals surface area contributed by atoms with Crippen LogP contribution in [0.2, 0.25) is 0 Å². The van der Waals surface area contributed by atoms with Gasteiger partial charge in [-0.15, -0.1) is 11.8 Å². The zero-order valence-corrected chi connectivity index (χ0v) is 16.7. The van der Waals surface area contributed by atoms with Crippen LogP contribution in [-0.4, -0.2) is 41.6 Å². The molecule has 1 heterocycles. The van der Waals surface area contributed by atoms with E-state index in [0.29, 0.717) is 17.9 Å². The Hall–Kier alpha value is -2.80. The van der Waals surface area contributed by atoms with Crippen molar-refractivity contribution in [1.29, 1.82) is 0 Å². The lowest BCUT2D eigenvalue weighted by atomic mass is 9.92. The number of aryl methyl sites for hydroxylation is 1. The summed E-state index contributed by atoms with van der Waals surface area (Å²) in [6.07, 6.45) is 0. The molecule has 1 aliphatic rings. The molecule has 6 nitrogen and oxygen atoms in total. The molecule has 0 saturated carbocycles. The Labute approximate surface area is 168 Å². The number of carbonyl (C=O) groups excluding carboxylic acids is 3. The van der Waals surface area contributed by atoms with Gasteiger partial charge in [-0.1, -0.05) is 48.0 Å². The molecule has 146 valence electrons. The summed E-state index contributed by atoms with van der Waals surface area (Å²) in [5.41, 5.74) is 0.736. The number of amides is 4. The predicted octanol–water partition coefficient (Wildman–Crippen LogP) is 2.67. The fourth-order valence-corrected chi connectivity index (χ4v) is 3.77. The largest absolute Gasteiger partial charge is 0.354 e. The molecule has 0 radical (unpaired) electrons. The van der Waals surface area contributed by atoms with Gasteiger partial charge in [0.15, 0.2) is 0 Å². The molecule has 1 fully saturated rings. The van der Waals surface area contributed by atoms with Crippen LogP contribution in [0.4, 0.5) is 4.79 Å². The van der Waals surface area contributed by atoms with Crippen molar-refractivity contribution in [3.63, 3.8) is 0 Å². The van der Waals surface area contributed by atoms with Gasteiger partial charge in [0.1, 0.15) is 12.1 Å². The highest BCUT2D eigenvalue weighted by molar-refractivity contribution is 7.99. The lowest BCUT2D eigenvalue weighted by molar-refractivity contribution is -0.134. The normalized spacial score (nSPS) is 18.9. The summed E-state index contributed by atoms with van der Waals surface area (Å²) in [6.45, 7) is 3.85. The quantitative estimate of drug-likeness (QED) is 0.428. The number of rotatable bonds is 7. The van der Waals surface area contributed by atoms with Gasteiger partial charge in [0.05, 0.1) is 0 Å². The Balaban J connectivity index is 1.50. The molecule has 0 aromatic heterocycles. The fourth-order valence-electron chi connectivity index (χ4n) is 3.00. The van der Waals surface area contributed by atoms with E-state index in [0.717, 1.165) is 9.80 Å². The maximum Gasteiger partial charge on any atom is 0.325 e. The second kappa shape index (κ2) is 8.48. The van der Waals surface area contributed by atoms with E-state index in [1.807, 2.05) is 37.3 Å². The highest BCUT2D eigenvalue weighted by Crippen LogP contribution is 2.28. The molecule has 28 heavy (non-hydrogen) atoms. The maximum atomic E-state index is 12.8. The monoisotopic (exact) mass is 397 g/mol. The van der Waals surface area contributed by atoms with Crippen molar-refractivity contribution in [2.75, 3.05) is 18.8 Å². The van der Waals surface area contributed by atoms with Crippen LogP contribution in [0.25, 0.3) is 0 Å². The van der Waals surface area contributed by atoms with Crippen molar-refractivity contribution in [1.82, 2.24) is 15.5 Å². The second-order valence-electron chi connectivity index (χ2n) is 6.82. The summed E-state index contributed by atoms with van der Waals surface area (Å²) in [5, 5.41) is 5.46. The predicted molar refractivity (Wildman–Crippen MR) is 109 cm³/mol. The Morgan fingerprint density at radius 3 is 2.46 bits per heavy atom. The minimum absolute atomic E-state index is 0.289. The highest BCUT2D eigenvalue weighted by atomic mass is 32.2. The van der Waals surface area contributed by atoms with Gasteiger partial charge in [0.25, 0.3) is 5.91 Å². The number of hydrogen-bond acceptors (Lipinski definition) is 4. The van der Waals surface area contributed by atoms with E-state index in [4.69, 9.17) is 0 Å². The smallest absolute Gasteiger partial charge is 0.325 e. The third kappa shape index (κ3) is 4.36. The number of benzene rings is 2. The first-order valence-electron chi connectivity index (χ1n) is 9.06. The van der Waals surface area contributed by atoms with Crippen molar-refractivity contribution in [3.05, 3.63) is 65.7 Å². The molecule has 1 unspecified atom stereocenters. The fraction of sp³-hybridized carbons (Fsp3) is 0.286. The first-order valence-corrected chi connectivity index (χ1v) is 10.0. The molecule has 3 rings (SSSR count). The Bertz CT molecular complexity index is 870.